The first-order valence-electron chi connectivity index (χ1n) is 5.41. The molecule has 0 saturated carbocycles. The predicted molar refractivity (Wildman–Crippen MR) is 60.7 cm³/mol. The van der Waals surface area contributed by atoms with Crippen LogP contribution in [0.15, 0.2) is 0 Å². The maximum atomic E-state index is 11.8. The van der Waals surface area contributed by atoms with Crippen LogP contribution >= 0.6 is 0 Å². The van der Waals surface area contributed by atoms with E-state index in [4.69, 9.17) is 4.74 Å². The summed E-state index contributed by atoms with van der Waals surface area (Å²) >= 11 is 0. The smallest absolute Gasteiger partial charge is 0.216 e. The molecule has 0 aromatic carbocycles. The van der Waals surface area contributed by atoms with Gasteiger partial charge in [0.05, 0.1) is 24.5 Å². The average Bonchev–Trinajstić information content (AvgIpc) is 2.63. The van der Waals surface area contributed by atoms with Crippen LogP contribution in [0.25, 0.3) is 0 Å². The van der Waals surface area contributed by atoms with Crippen molar-refractivity contribution in [2.45, 2.75) is 19.1 Å². The van der Waals surface area contributed by atoms with Crippen LogP contribution in [0, 0.1) is 0 Å². The molecule has 0 radical (unpaired) electrons. The fraction of sp³-hybridized carbons (Fsp3) is 1.00. The van der Waals surface area contributed by atoms with Gasteiger partial charge in [-0.3, -0.25) is 0 Å². The first kappa shape index (κ1) is 13.9. The Morgan fingerprint density at radius 3 is 2.69 bits per heavy atom. The van der Waals surface area contributed by atoms with E-state index in [1.165, 1.54) is 11.4 Å². The summed E-state index contributed by atoms with van der Waals surface area (Å²) in [7, 11) is -1.84. The summed E-state index contributed by atoms with van der Waals surface area (Å²) in [5.41, 5.74) is 0. The first-order chi connectivity index (χ1) is 7.49. The van der Waals surface area contributed by atoms with Crippen LogP contribution < -0.4 is 5.32 Å². The van der Waals surface area contributed by atoms with Crippen LogP contribution in [0.5, 0.6) is 0 Å². The van der Waals surface area contributed by atoms with Gasteiger partial charge >= 0.3 is 0 Å². The van der Waals surface area contributed by atoms with Crippen molar-refractivity contribution in [3.05, 3.63) is 0 Å². The number of β-amino-alcohol motifs (C(OH)–C–C–N with tert-alkyl or cyclic N) is 1. The maximum absolute atomic E-state index is 11.8. The molecular weight excluding hydrogens is 232 g/mol. The van der Waals surface area contributed by atoms with Gasteiger partial charge in [-0.1, -0.05) is 0 Å². The molecule has 0 aromatic heterocycles. The normalized spacial score (nSPS) is 26.5. The van der Waals surface area contributed by atoms with Crippen molar-refractivity contribution in [3.63, 3.8) is 0 Å². The van der Waals surface area contributed by atoms with Crippen LogP contribution in [0.4, 0.5) is 0 Å². The highest BCUT2D eigenvalue weighted by Gasteiger charge is 2.34. The van der Waals surface area contributed by atoms with E-state index < -0.39 is 16.1 Å². The number of rotatable bonds is 6. The van der Waals surface area contributed by atoms with E-state index in [1.54, 1.807) is 0 Å². The molecule has 16 heavy (non-hydrogen) atoms. The lowest BCUT2D eigenvalue weighted by atomic mass is 10.2. The third-order valence-electron chi connectivity index (χ3n) is 2.75. The second-order valence-corrected chi connectivity index (χ2v) is 5.97. The molecule has 0 amide bonds. The SMILES string of the molecule is CCOCCS(=O)(=O)N(C)[C@H]1CNC[C@@H]1O. The highest BCUT2D eigenvalue weighted by molar-refractivity contribution is 7.89. The van der Waals surface area contributed by atoms with Crippen LogP contribution in [-0.4, -0.2) is 69.1 Å². The standard InChI is InChI=1S/C9H20N2O4S/c1-3-15-4-5-16(13,14)11(2)8-6-10-7-9(8)12/h8-10,12H,3-7H2,1-2H3/t8-,9-/m0/s1. The molecule has 2 atom stereocenters. The van der Waals surface area contributed by atoms with E-state index in [1.807, 2.05) is 6.92 Å². The number of hydrogen-bond acceptors (Lipinski definition) is 5. The Kier molecular flexibility index (Phi) is 5.13. The van der Waals surface area contributed by atoms with Gasteiger partial charge in [0.25, 0.3) is 0 Å². The lowest BCUT2D eigenvalue weighted by molar-refractivity contribution is 0.134. The Morgan fingerprint density at radius 1 is 1.50 bits per heavy atom. The molecule has 1 fully saturated rings. The lowest BCUT2D eigenvalue weighted by Crippen LogP contribution is -2.45. The van der Waals surface area contributed by atoms with Crippen molar-refractivity contribution >= 4 is 10.0 Å². The summed E-state index contributed by atoms with van der Waals surface area (Å²) in [6, 6.07) is -0.369. The number of aliphatic hydroxyl groups is 1. The fourth-order valence-corrected chi connectivity index (χ4v) is 2.92. The Hall–Kier alpha value is -0.210. The van der Waals surface area contributed by atoms with Gasteiger partial charge in [-0.2, -0.15) is 4.31 Å². The van der Waals surface area contributed by atoms with E-state index in [9.17, 15) is 13.5 Å². The van der Waals surface area contributed by atoms with Gasteiger partial charge in [-0.15, -0.1) is 0 Å². The number of nitrogens with zero attached hydrogens (tertiary/aromatic N) is 1. The summed E-state index contributed by atoms with van der Waals surface area (Å²) in [4.78, 5) is 0. The number of aliphatic hydroxyl groups excluding tert-OH is 1. The third kappa shape index (κ3) is 3.39. The zero-order valence-corrected chi connectivity index (χ0v) is 10.5. The van der Waals surface area contributed by atoms with E-state index in [-0.39, 0.29) is 18.4 Å². The topological polar surface area (TPSA) is 78.9 Å². The van der Waals surface area contributed by atoms with Gasteiger partial charge in [0.1, 0.15) is 0 Å². The molecule has 0 spiro atoms. The van der Waals surface area contributed by atoms with Crippen LogP contribution in [0.1, 0.15) is 6.92 Å². The Morgan fingerprint density at radius 2 is 2.19 bits per heavy atom. The minimum atomic E-state index is -3.34. The minimum absolute atomic E-state index is 0.0411. The average molecular weight is 252 g/mol. The summed E-state index contributed by atoms with van der Waals surface area (Å²) in [6.45, 7) is 3.45. The number of nitrogens with one attached hydrogen (secondary N) is 1. The molecule has 0 bridgehead atoms. The number of likely N-dealkylation sites (N-methyl/N-ethyl adjacent to an activating group) is 1. The van der Waals surface area contributed by atoms with Gasteiger partial charge in [0, 0.05) is 26.7 Å². The summed E-state index contributed by atoms with van der Waals surface area (Å²) in [6.07, 6.45) is -0.633. The molecule has 0 aromatic rings. The van der Waals surface area contributed by atoms with Crippen LogP contribution in [0.3, 0.4) is 0 Å². The van der Waals surface area contributed by atoms with Crippen molar-refractivity contribution < 1.29 is 18.3 Å². The summed E-state index contributed by atoms with van der Waals surface area (Å²) in [5, 5.41) is 12.5. The predicted octanol–water partition coefficient (Wildman–Crippen LogP) is -1.38. The molecule has 1 heterocycles. The maximum Gasteiger partial charge on any atom is 0.216 e. The monoisotopic (exact) mass is 252 g/mol. The van der Waals surface area contributed by atoms with Gasteiger partial charge in [0.2, 0.25) is 10.0 Å². The minimum Gasteiger partial charge on any atom is -0.390 e. The summed E-state index contributed by atoms with van der Waals surface area (Å²) in [5.74, 6) is -0.0411. The van der Waals surface area contributed by atoms with Crippen LogP contribution in [0.2, 0.25) is 0 Å². The van der Waals surface area contributed by atoms with Gasteiger partial charge in [0.15, 0.2) is 0 Å². The third-order valence-corrected chi connectivity index (χ3v) is 4.58. The zero-order chi connectivity index (χ0) is 12.2. The molecule has 7 heteroatoms. The zero-order valence-electron chi connectivity index (χ0n) is 9.72. The highest BCUT2D eigenvalue weighted by Crippen LogP contribution is 2.12. The number of hydrogen-bond donors (Lipinski definition) is 2. The quantitative estimate of drug-likeness (QED) is 0.570. The lowest BCUT2D eigenvalue weighted by Gasteiger charge is -2.25. The molecule has 1 rings (SSSR count). The number of sulfonamides is 1. The Labute approximate surface area is 96.6 Å². The molecule has 2 N–H and O–H groups in total. The molecule has 0 unspecified atom stereocenters. The van der Waals surface area contributed by atoms with Crippen molar-refractivity contribution in [2.75, 3.05) is 39.1 Å². The molecule has 1 aliphatic heterocycles. The largest absolute Gasteiger partial charge is 0.390 e. The Balaban J connectivity index is 2.54. The van der Waals surface area contributed by atoms with Crippen molar-refractivity contribution in [1.29, 1.82) is 0 Å². The molecule has 1 saturated heterocycles. The van der Waals surface area contributed by atoms with Gasteiger partial charge < -0.3 is 15.2 Å². The molecule has 6 nitrogen and oxygen atoms in total. The van der Waals surface area contributed by atoms with Crippen molar-refractivity contribution in [3.8, 4) is 0 Å². The fourth-order valence-electron chi connectivity index (χ4n) is 1.68. The summed E-state index contributed by atoms with van der Waals surface area (Å²) < 4.78 is 30.0. The van der Waals surface area contributed by atoms with Gasteiger partial charge in [-0.25, -0.2) is 8.42 Å². The van der Waals surface area contributed by atoms with Crippen molar-refractivity contribution in [2.24, 2.45) is 0 Å². The van der Waals surface area contributed by atoms with E-state index in [0.717, 1.165) is 0 Å². The second kappa shape index (κ2) is 5.92. The number of ether oxygens (including phenoxy) is 1. The van der Waals surface area contributed by atoms with Crippen molar-refractivity contribution in [1.82, 2.24) is 9.62 Å². The highest BCUT2D eigenvalue weighted by atomic mass is 32.2. The van der Waals surface area contributed by atoms with Crippen LogP contribution in [-0.2, 0) is 14.8 Å². The molecule has 1 aliphatic rings. The Bertz CT molecular complexity index is 307. The van der Waals surface area contributed by atoms with E-state index >= 15 is 0 Å². The van der Waals surface area contributed by atoms with E-state index in [2.05, 4.69) is 5.32 Å². The van der Waals surface area contributed by atoms with Gasteiger partial charge in [-0.05, 0) is 6.92 Å². The molecule has 96 valence electrons. The van der Waals surface area contributed by atoms with E-state index in [0.29, 0.717) is 19.7 Å². The second-order valence-electron chi connectivity index (χ2n) is 3.82. The molecular formula is C9H20N2O4S. The first-order valence-corrected chi connectivity index (χ1v) is 7.02. The molecule has 0 aliphatic carbocycles.